The van der Waals surface area contributed by atoms with Gasteiger partial charge in [0.05, 0.1) is 23.1 Å². The van der Waals surface area contributed by atoms with Crippen molar-refractivity contribution in [2.45, 2.75) is 49.1 Å². The van der Waals surface area contributed by atoms with Gasteiger partial charge in [-0.3, -0.25) is 0 Å². The minimum absolute atomic E-state index is 0.0697. The van der Waals surface area contributed by atoms with E-state index >= 15 is 0 Å². The normalized spacial score (nSPS) is 30.0. The largest absolute Gasteiger partial charge is 0.475 e. The van der Waals surface area contributed by atoms with Crippen LogP contribution in [0.15, 0.2) is 41.4 Å². The van der Waals surface area contributed by atoms with Crippen LogP contribution in [0.1, 0.15) is 42.4 Å². The lowest BCUT2D eigenvalue weighted by Crippen LogP contribution is -2.59. The summed E-state index contributed by atoms with van der Waals surface area (Å²) in [6.07, 6.45) is 5.26. The van der Waals surface area contributed by atoms with Gasteiger partial charge < -0.3 is 15.2 Å². The Morgan fingerprint density at radius 3 is 2.56 bits per heavy atom. The number of hydrogen-bond donors (Lipinski definition) is 1. The topological polar surface area (TPSA) is 80.6 Å². The highest BCUT2D eigenvalue weighted by Crippen LogP contribution is 2.65. The van der Waals surface area contributed by atoms with Crippen LogP contribution in [0.4, 0.5) is 0 Å². The van der Waals surface area contributed by atoms with E-state index in [1.165, 1.54) is 11.1 Å². The SMILES string of the molecule is BC1(B)OC(N)=NC12c1cc(-c3cc(Cl)cc(C#N)c3)ccc1C[C@]21CC[C@@H](OC)CC1. The first-order valence-electron chi connectivity index (χ1n) is 11.2. The maximum atomic E-state index is 9.39. The molecule has 0 aromatic heterocycles. The molecule has 0 saturated heterocycles. The number of nitrogens with two attached hydrogens (primary N) is 1. The number of fused-ring (bicyclic) bond motifs is 3. The van der Waals surface area contributed by atoms with Gasteiger partial charge in [0.25, 0.3) is 6.02 Å². The number of ether oxygens (including phenoxy) is 2. The molecule has 2 aromatic carbocycles. The van der Waals surface area contributed by atoms with Crippen LogP contribution < -0.4 is 5.73 Å². The number of rotatable bonds is 2. The predicted octanol–water partition coefficient (Wildman–Crippen LogP) is 2.47. The lowest BCUT2D eigenvalue weighted by Gasteiger charge is -2.51. The Hall–Kier alpha value is -2.42. The molecule has 0 amide bonds. The van der Waals surface area contributed by atoms with Crippen LogP contribution in [-0.2, 0) is 21.4 Å². The first kappa shape index (κ1) is 21.4. The molecule has 8 heteroatoms. The molecule has 5 nitrogen and oxygen atoms in total. The van der Waals surface area contributed by atoms with Gasteiger partial charge in [-0.15, -0.1) is 0 Å². The molecule has 1 unspecified atom stereocenters. The number of aliphatic imine (C=N–C) groups is 1. The van der Waals surface area contributed by atoms with E-state index < -0.39 is 10.9 Å². The summed E-state index contributed by atoms with van der Waals surface area (Å²) >= 11 is 6.30. The monoisotopic (exact) mass is 445 g/mol. The number of methoxy groups -OCH3 is 1. The molecule has 3 aliphatic rings. The molecular weight excluding hydrogens is 419 g/mol. The second-order valence-electron chi connectivity index (χ2n) is 9.88. The zero-order chi connectivity index (χ0) is 22.7. The van der Waals surface area contributed by atoms with Crippen molar-refractivity contribution in [3.63, 3.8) is 0 Å². The van der Waals surface area contributed by atoms with Crippen molar-refractivity contribution < 1.29 is 9.47 Å². The molecular formula is C24H26B2ClN3O2. The fourth-order valence-corrected chi connectivity index (χ4v) is 6.80. The zero-order valence-electron chi connectivity index (χ0n) is 18.7. The minimum atomic E-state index is -0.576. The number of halogens is 1. The predicted molar refractivity (Wildman–Crippen MR) is 131 cm³/mol. The molecule has 1 atom stereocenters. The Bertz CT molecular complexity index is 1170. The summed E-state index contributed by atoms with van der Waals surface area (Å²) in [4.78, 5) is 5.08. The molecule has 0 bridgehead atoms. The Balaban J connectivity index is 1.69. The van der Waals surface area contributed by atoms with Gasteiger partial charge in [0.2, 0.25) is 0 Å². The quantitative estimate of drug-likeness (QED) is 0.720. The van der Waals surface area contributed by atoms with Gasteiger partial charge in [-0.2, -0.15) is 5.26 Å². The third-order valence-corrected chi connectivity index (χ3v) is 8.11. The first-order valence-corrected chi connectivity index (χ1v) is 11.5. The number of benzene rings is 2. The van der Waals surface area contributed by atoms with Crippen molar-refractivity contribution in [3.05, 3.63) is 58.1 Å². The average molecular weight is 446 g/mol. The molecule has 2 aromatic rings. The van der Waals surface area contributed by atoms with Gasteiger partial charge in [0, 0.05) is 17.5 Å². The van der Waals surface area contributed by atoms with Crippen LogP contribution in [0.2, 0.25) is 5.02 Å². The molecule has 1 heterocycles. The van der Waals surface area contributed by atoms with Crippen molar-refractivity contribution in [1.82, 2.24) is 0 Å². The molecule has 1 saturated carbocycles. The Morgan fingerprint density at radius 2 is 1.94 bits per heavy atom. The van der Waals surface area contributed by atoms with Gasteiger partial charge in [0.1, 0.15) is 5.54 Å². The average Bonchev–Trinajstić information content (AvgIpc) is 3.18. The zero-order valence-corrected chi connectivity index (χ0v) is 19.5. The van der Waals surface area contributed by atoms with E-state index in [4.69, 9.17) is 31.8 Å². The van der Waals surface area contributed by atoms with E-state index in [0.717, 1.165) is 43.2 Å². The fourth-order valence-electron chi connectivity index (χ4n) is 6.56. The number of nitrogens with zero attached hydrogens (tertiary/aromatic N) is 2. The Kier molecular flexibility index (Phi) is 4.89. The summed E-state index contributed by atoms with van der Waals surface area (Å²) in [5.74, 6) is 0. The van der Waals surface area contributed by atoms with Crippen molar-refractivity contribution in [2.24, 2.45) is 16.1 Å². The molecule has 2 aliphatic carbocycles. The van der Waals surface area contributed by atoms with Crippen LogP contribution in [0.25, 0.3) is 11.1 Å². The highest BCUT2D eigenvalue weighted by Gasteiger charge is 2.68. The summed E-state index contributed by atoms with van der Waals surface area (Å²) in [5.41, 5.74) is 10.5. The Labute approximate surface area is 195 Å². The summed E-state index contributed by atoms with van der Waals surface area (Å²) in [7, 11) is 6.01. The Morgan fingerprint density at radius 1 is 1.19 bits per heavy atom. The van der Waals surface area contributed by atoms with Gasteiger partial charge in [0.15, 0.2) is 15.7 Å². The van der Waals surface area contributed by atoms with Crippen molar-refractivity contribution in [1.29, 1.82) is 5.26 Å². The van der Waals surface area contributed by atoms with Crippen LogP contribution in [0.3, 0.4) is 0 Å². The van der Waals surface area contributed by atoms with Crippen LogP contribution in [0, 0.1) is 16.7 Å². The standard InChI is InChI=1S/C24H26B2ClN3O2/c1-31-19-4-6-22(7-5-19)12-16-3-2-15(17-8-14(13-28)9-18(27)10-17)11-20(16)23(22)24(25,26)32-21(29)30-23/h2-3,8-11,19H,4-7,12,25-26H2,1H3,(H2,29,30)/t19-,22-,23?. The molecule has 0 radical (unpaired) electrons. The number of nitriles is 1. The smallest absolute Gasteiger partial charge is 0.282 e. The highest BCUT2D eigenvalue weighted by molar-refractivity contribution is 6.41. The lowest BCUT2D eigenvalue weighted by molar-refractivity contribution is -0.0256. The molecule has 2 N–H and O–H groups in total. The van der Waals surface area contributed by atoms with Crippen molar-refractivity contribution in [3.8, 4) is 17.2 Å². The summed E-state index contributed by atoms with van der Waals surface area (Å²) in [5, 5.41) is 9.37. The van der Waals surface area contributed by atoms with Gasteiger partial charge in [-0.05, 0) is 78.6 Å². The maximum Gasteiger partial charge on any atom is 0.282 e. The molecule has 1 aliphatic heterocycles. The van der Waals surface area contributed by atoms with Crippen LogP contribution in [0.5, 0.6) is 0 Å². The summed E-state index contributed by atoms with van der Waals surface area (Å²) < 4.78 is 11.8. The highest BCUT2D eigenvalue weighted by atomic mass is 35.5. The van der Waals surface area contributed by atoms with E-state index in [2.05, 4.69) is 40.0 Å². The second-order valence-corrected chi connectivity index (χ2v) is 10.3. The third kappa shape index (κ3) is 2.93. The lowest BCUT2D eigenvalue weighted by atomic mass is 9.45. The number of hydrogen-bond acceptors (Lipinski definition) is 5. The van der Waals surface area contributed by atoms with E-state index in [-0.39, 0.29) is 11.4 Å². The fraction of sp³-hybridized carbons (Fsp3) is 0.417. The van der Waals surface area contributed by atoms with Gasteiger partial charge >= 0.3 is 0 Å². The maximum absolute atomic E-state index is 9.39. The molecule has 2 spiro atoms. The second kappa shape index (κ2) is 7.30. The van der Waals surface area contributed by atoms with Crippen LogP contribution in [-0.4, -0.2) is 40.3 Å². The first-order chi connectivity index (χ1) is 15.2. The molecule has 162 valence electrons. The van der Waals surface area contributed by atoms with Gasteiger partial charge in [-0.1, -0.05) is 23.7 Å². The van der Waals surface area contributed by atoms with Crippen LogP contribution >= 0.6 is 11.6 Å². The van der Waals surface area contributed by atoms with E-state index in [0.29, 0.717) is 16.7 Å². The van der Waals surface area contributed by atoms with E-state index in [9.17, 15) is 5.26 Å². The van der Waals surface area contributed by atoms with E-state index in [1.807, 2.05) is 12.1 Å². The summed E-state index contributed by atoms with van der Waals surface area (Å²) in [6.45, 7) is 0. The number of amidine groups is 1. The molecule has 32 heavy (non-hydrogen) atoms. The summed E-state index contributed by atoms with van der Waals surface area (Å²) in [6, 6.07) is 14.5. The van der Waals surface area contributed by atoms with E-state index in [1.54, 1.807) is 13.2 Å². The van der Waals surface area contributed by atoms with Crippen molar-refractivity contribution in [2.75, 3.05) is 7.11 Å². The van der Waals surface area contributed by atoms with Gasteiger partial charge in [-0.25, -0.2) is 4.99 Å². The molecule has 5 rings (SSSR count). The third-order valence-electron chi connectivity index (χ3n) is 7.89. The molecule has 1 fully saturated rings. The van der Waals surface area contributed by atoms with Crippen molar-refractivity contribution >= 4 is 33.3 Å². The minimum Gasteiger partial charge on any atom is -0.475 e.